The first-order valence-corrected chi connectivity index (χ1v) is 11.3. The van der Waals surface area contributed by atoms with E-state index in [-0.39, 0.29) is 11.5 Å². The monoisotopic (exact) mass is 428 g/mol. The van der Waals surface area contributed by atoms with Gasteiger partial charge in [0, 0.05) is 11.8 Å². The Kier molecular flexibility index (Phi) is 6.10. The number of rotatable bonds is 6. The van der Waals surface area contributed by atoms with E-state index in [1.54, 1.807) is 55.5 Å². The van der Waals surface area contributed by atoms with Crippen LogP contribution in [0.3, 0.4) is 0 Å². The lowest BCUT2D eigenvalue weighted by atomic mass is 9.97. The molecule has 0 radical (unpaired) electrons. The number of carbonyl (C=O) groups is 1. The summed E-state index contributed by atoms with van der Waals surface area (Å²) in [7, 11) is -3.37. The predicted octanol–water partition coefficient (Wildman–Crippen LogP) is 4.95. The molecule has 0 fully saturated rings. The van der Waals surface area contributed by atoms with Crippen LogP contribution in [0.25, 0.3) is 11.1 Å². The van der Waals surface area contributed by atoms with E-state index in [4.69, 9.17) is 16.3 Å². The number of hydrogen-bond acceptors (Lipinski definition) is 4. The maximum atomic E-state index is 12.5. The van der Waals surface area contributed by atoms with Gasteiger partial charge >= 0.3 is 5.97 Å². The van der Waals surface area contributed by atoms with Crippen LogP contribution in [0.1, 0.15) is 18.1 Å². The summed E-state index contributed by atoms with van der Waals surface area (Å²) in [6.45, 7) is 1.73. The number of esters is 1. The van der Waals surface area contributed by atoms with Crippen molar-refractivity contribution in [3.05, 3.63) is 90.0 Å². The zero-order valence-corrected chi connectivity index (χ0v) is 17.7. The topological polar surface area (TPSA) is 60.4 Å². The third-order valence-corrected chi connectivity index (χ3v) is 6.15. The Bertz CT molecular complexity index is 1110. The van der Waals surface area contributed by atoms with Gasteiger partial charge in [0.2, 0.25) is 0 Å². The van der Waals surface area contributed by atoms with Crippen LogP contribution >= 0.6 is 11.6 Å². The zero-order chi connectivity index (χ0) is 21.1. The molecule has 0 saturated heterocycles. The highest BCUT2D eigenvalue weighted by molar-refractivity contribution is 7.90. The summed E-state index contributed by atoms with van der Waals surface area (Å²) < 4.78 is 29.5. The molecule has 0 aliphatic carbocycles. The SMILES string of the molecule is CC(Cl)(C(=O)OCc1ccccc1)c1ccc(-c2ccccc2S(C)(=O)=O)cc1. The van der Waals surface area contributed by atoms with Crippen LogP contribution in [0, 0.1) is 0 Å². The highest BCUT2D eigenvalue weighted by atomic mass is 35.5. The molecule has 29 heavy (non-hydrogen) atoms. The van der Waals surface area contributed by atoms with Crippen LogP contribution in [0.4, 0.5) is 0 Å². The van der Waals surface area contributed by atoms with Gasteiger partial charge in [-0.15, -0.1) is 11.6 Å². The molecule has 0 spiro atoms. The quantitative estimate of drug-likeness (QED) is 0.411. The second-order valence-corrected chi connectivity index (χ2v) is 9.65. The molecule has 3 aromatic carbocycles. The van der Waals surface area contributed by atoms with E-state index in [1.807, 2.05) is 30.3 Å². The lowest BCUT2D eigenvalue weighted by Crippen LogP contribution is -2.28. The molecule has 0 aliphatic rings. The summed E-state index contributed by atoms with van der Waals surface area (Å²) >= 11 is 6.51. The number of sulfone groups is 1. The molecule has 1 atom stereocenters. The number of alkyl halides is 1. The minimum atomic E-state index is -3.37. The summed E-state index contributed by atoms with van der Waals surface area (Å²) in [5.74, 6) is -0.549. The normalized spacial score (nSPS) is 13.5. The maximum absolute atomic E-state index is 12.5. The van der Waals surface area contributed by atoms with Crippen molar-refractivity contribution >= 4 is 27.4 Å². The Balaban J connectivity index is 1.81. The maximum Gasteiger partial charge on any atom is 0.331 e. The number of halogens is 1. The molecule has 0 aliphatic heterocycles. The highest BCUT2D eigenvalue weighted by Crippen LogP contribution is 2.33. The number of carbonyl (C=O) groups excluding carboxylic acids is 1. The fraction of sp³-hybridized carbons (Fsp3) is 0.174. The van der Waals surface area contributed by atoms with Crippen molar-refractivity contribution < 1.29 is 17.9 Å². The fourth-order valence-corrected chi connectivity index (χ4v) is 4.06. The molecular weight excluding hydrogens is 408 g/mol. The van der Waals surface area contributed by atoms with Crippen LogP contribution in [-0.2, 0) is 30.8 Å². The Morgan fingerprint density at radius 3 is 2.14 bits per heavy atom. The van der Waals surface area contributed by atoms with E-state index < -0.39 is 20.7 Å². The molecule has 6 heteroatoms. The Morgan fingerprint density at radius 1 is 0.931 bits per heavy atom. The minimum Gasteiger partial charge on any atom is -0.459 e. The first kappa shape index (κ1) is 21.1. The Labute approximate surface area is 176 Å². The van der Waals surface area contributed by atoms with E-state index in [1.165, 1.54) is 6.26 Å². The van der Waals surface area contributed by atoms with Crippen molar-refractivity contribution in [1.82, 2.24) is 0 Å². The van der Waals surface area contributed by atoms with Crippen molar-refractivity contribution in [1.29, 1.82) is 0 Å². The molecular formula is C23H21ClO4S. The second-order valence-electron chi connectivity index (χ2n) is 6.91. The van der Waals surface area contributed by atoms with Crippen molar-refractivity contribution in [3.63, 3.8) is 0 Å². The summed E-state index contributed by atoms with van der Waals surface area (Å²) in [6, 6.07) is 23.1. The van der Waals surface area contributed by atoms with E-state index in [9.17, 15) is 13.2 Å². The van der Waals surface area contributed by atoms with Crippen LogP contribution in [0.15, 0.2) is 83.8 Å². The molecule has 150 valence electrons. The highest BCUT2D eigenvalue weighted by Gasteiger charge is 2.34. The molecule has 1 unspecified atom stereocenters. The standard InChI is InChI=1S/C23H21ClO4S/c1-23(24,22(25)28-16-17-8-4-3-5-9-17)19-14-12-18(13-15-19)20-10-6-7-11-21(20)29(2,26)27/h3-15H,16H2,1-2H3. The summed E-state index contributed by atoms with van der Waals surface area (Å²) in [5.41, 5.74) is 2.77. The first-order chi connectivity index (χ1) is 13.7. The van der Waals surface area contributed by atoms with Crippen LogP contribution in [-0.4, -0.2) is 20.6 Å². The van der Waals surface area contributed by atoms with Crippen LogP contribution < -0.4 is 0 Å². The summed E-state index contributed by atoms with van der Waals surface area (Å²) in [4.78, 5) is 11.4. The Hall–Kier alpha value is -2.63. The zero-order valence-electron chi connectivity index (χ0n) is 16.1. The van der Waals surface area contributed by atoms with Gasteiger partial charge in [-0.3, -0.25) is 0 Å². The van der Waals surface area contributed by atoms with Crippen molar-refractivity contribution in [2.45, 2.75) is 23.3 Å². The van der Waals surface area contributed by atoms with E-state index in [0.717, 1.165) is 11.1 Å². The third kappa shape index (κ3) is 4.86. The molecule has 0 saturated carbocycles. The largest absolute Gasteiger partial charge is 0.459 e. The van der Waals surface area contributed by atoms with E-state index in [0.29, 0.717) is 11.1 Å². The van der Waals surface area contributed by atoms with Gasteiger partial charge in [0.25, 0.3) is 0 Å². The van der Waals surface area contributed by atoms with Gasteiger partial charge in [-0.1, -0.05) is 72.8 Å². The van der Waals surface area contributed by atoms with Crippen molar-refractivity contribution in [3.8, 4) is 11.1 Å². The molecule has 3 aromatic rings. The van der Waals surface area contributed by atoms with Crippen LogP contribution in [0.5, 0.6) is 0 Å². The fourth-order valence-electron chi connectivity index (χ4n) is 2.97. The number of benzene rings is 3. The van der Waals surface area contributed by atoms with Gasteiger partial charge in [-0.05, 0) is 29.7 Å². The first-order valence-electron chi connectivity index (χ1n) is 8.99. The molecule has 0 aromatic heterocycles. The lowest BCUT2D eigenvalue weighted by molar-refractivity contribution is -0.148. The van der Waals surface area contributed by atoms with Gasteiger partial charge < -0.3 is 4.74 Å². The minimum absolute atomic E-state index is 0.141. The smallest absolute Gasteiger partial charge is 0.331 e. The molecule has 4 nitrogen and oxygen atoms in total. The van der Waals surface area contributed by atoms with Gasteiger partial charge in [-0.25, -0.2) is 13.2 Å². The van der Waals surface area contributed by atoms with Gasteiger partial charge in [0.15, 0.2) is 14.7 Å². The molecule has 3 rings (SSSR count). The third-order valence-electron chi connectivity index (χ3n) is 4.62. The van der Waals surface area contributed by atoms with Gasteiger partial charge in [0.1, 0.15) is 6.61 Å². The second kappa shape index (κ2) is 8.39. The van der Waals surface area contributed by atoms with Crippen LogP contribution in [0.2, 0.25) is 0 Å². The number of ether oxygens (including phenoxy) is 1. The predicted molar refractivity (Wildman–Crippen MR) is 114 cm³/mol. The van der Waals surface area contributed by atoms with E-state index in [2.05, 4.69) is 0 Å². The van der Waals surface area contributed by atoms with Crippen molar-refractivity contribution in [2.24, 2.45) is 0 Å². The average molecular weight is 429 g/mol. The Morgan fingerprint density at radius 2 is 1.52 bits per heavy atom. The average Bonchev–Trinajstić information content (AvgIpc) is 2.72. The molecule has 0 bridgehead atoms. The van der Waals surface area contributed by atoms with Crippen molar-refractivity contribution in [2.75, 3.05) is 6.26 Å². The summed E-state index contributed by atoms with van der Waals surface area (Å²) in [5, 5.41) is 0. The lowest BCUT2D eigenvalue weighted by Gasteiger charge is -2.21. The number of hydrogen-bond donors (Lipinski definition) is 0. The molecule has 0 heterocycles. The van der Waals surface area contributed by atoms with E-state index >= 15 is 0 Å². The van der Waals surface area contributed by atoms with Gasteiger partial charge in [0.05, 0.1) is 4.90 Å². The summed E-state index contributed by atoms with van der Waals surface area (Å²) in [6.07, 6.45) is 1.18. The molecule has 0 N–H and O–H groups in total. The van der Waals surface area contributed by atoms with Gasteiger partial charge in [-0.2, -0.15) is 0 Å². The molecule has 0 amide bonds.